The highest BCUT2D eigenvalue weighted by molar-refractivity contribution is 5.85. The summed E-state index contributed by atoms with van der Waals surface area (Å²) in [5.74, 6) is 0.189. The molecule has 4 nitrogen and oxygen atoms in total. The van der Waals surface area contributed by atoms with E-state index in [0.29, 0.717) is 30.5 Å². The van der Waals surface area contributed by atoms with Crippen LogP contribution in [0.2, 0.25) is 0 Å². The molecule has 0 spiro atoms. The summed E-state index contributed by atoms with van der Waals surface area (Å²) in [5.41, 5.74) is 0.514. The van der Waals surface area contributed by atoms with E-state index in [1.807, 2.05) is 0 Å². The lowest BCUT2D eigenvalue weighted by Crippen LogP contribution is -2.27. The molecule has 0 saturated carbocycles. The molecule has 0 bridgehead atoms. The van der Waals surface area contributed by atoms with Crippen LogP contribution in [0.4, 0.5) is 0 Å². The molecule has 0 aromatic heterocycles. The van der Waals surface area contributed by atoms with Crippen LogP contribution in [0.25, 0.3) is 0 Å². The fourth-order valence-corrected chi connectivity index (χ4v) is 0.897. The Kier molecular flexibility index (Phi) is 2.15. The van der Waals surface area contributed by atoms with Crippen LogP contribution in [0.3, 0.4) is 0 Å². The average Bonchev–Trinajstić information content (AvgIpc) is 2.04. The summed E-state index contributed by atoms with van der Waals surface area (Å²) in [7, 11) is 0. The molecule has 1 rings (SSSR count). The van der Waals surface area contributed by atoms with Gasteiger partial charge in [-0.25, -0.2) is 4.99 Å². The lowest BCUT2D eigenvalue weighted by molar-refractivity contribution is -0.120. The molecule has 1 amide bonds. The van der Waals surface area contributed by atoms with Gasteiger partial charge < -0.3 is 5.32 Å². The smallest absolute Gasteiger partial charge is 0.225 e. The minimum atomic E-state index is -0.113. The van der Waals surface area contributed by atoms with E-state index in [1.54, 1.807) is 0 Å². The first-order chi connectivity index (χ1) is 5.27. The Bertz CT molecular complexity index is 243. The molecule has 0 aliphatic carbocycles. The van der Waals surface area contributed by atoms with Gasteiger partial charge in [0.15, 0.2) is 0 Å². The van der Waals surface area contributed by atoms with Crippen LogP contribution in [0.1, 0.15) is 12.8 Å². The van der Waals surface area contributed by atoms with Crippen molar-refractivity contribution < 1.29 is 9.59 Å². The molecule has 0 fully saturated rings. The van der Waals surface area contributed by atoms with Gasteiger partial charge in [-0.05, 0) is 13.1 Å². The van der Waals surface area contributed by atoms with E-state index in [-0.39, 0.29) is 5.91 Å². The van der Waals surface area contributed by atoms with Crippen molar-refractivity contribution in [2.45, 2.75) is 12.8 Å². The molecule has 0 saturated heterocycles. The predicted molar refractivity (Wildman–Crippen MR) is 40.0 cm³/mol. The van der Waals surface area contributed by atoms with Crippen LogP contribution >= 0.6 is 0 Å². The lowest BCUT2D eigenvalue weighted by atomic mass is 10.1. The first-order valence-corrected chi connectivity index (χ1v) is 3.23. The van der Waals surface area contributed by atoms with E-state index in [1.165, 1.54) is 0 Å². The van der Waals surface area contributed by atoms with Crippen molar-refractivity contribution >= 4 is 18.9 Å². The summed E-state index contributed by atoms with van der Waals surface area (Å²) in [6.07, 6.45) is 1.51. The van der Waals surface area contributed by atoms with Crippen LogP contribution in [-0.4, -0.2) is 18.9 Å². The maximum absolute atomic E-state index is 10.7. The molecule has 1 aliphatic rings. The van der Waals surface area contributed by atoms with Crippen LogP contribution < -0.4 is 5.32 Å². The number of hydrogen-bond donors (Lipinski definition) is 1. The van der Waals surface area contributed by atoms with E-state index >= 15 is 0 Å². The maximum Gasteiger partial charge on any atom is 0.225 e. The van der Waals surface area contributed by atoms with Crippen LogP contribution in [0.5, 0.6) is 0 Å². The van der Waals surface area contributed by atoms with Crippen molar-refractivity contribution in [1.82, 2.24) is 5.32 Å². The highest BCUT2D eigenvalue weighted by Gasteiger charge is 2.15. The predicted octanol–water partition coefficient (Wildman–Crippen LogP) is 0.00750. The van der Waals surface area contributed by atoms with Crippen molar-refractivity contribution in [2.75, 3.05) is 0 Å². The normalized spacial score (nSPS) is 17.6. The summed E-state index contributed by atoms with van der Waals surface area (Å²) in [6, 6.07) is 0. The van der Waals surface area contributed by atoms with Gasteiger partial charge in [-0.2, -0.15) is 0 Å². The van der Waals surface area contributed by atoms with E-state index in [0.717, 1.165) is 0 Å². The quantitative estimate of drug-likeness (QED) is 0.447. The standard InChI is InChI=1S/C7H8N2O2/c1-8-7-5(4-10)2-3-6(11)9-7/h4H,1-3H2,(H,9,11). The van der Waals surface area contributed by atoms with Gasteiger partial charge in [-0.3, -0.25) is 9.59 Å². The molecule has 4 heteroatoms. The molecule has 11 heavy (non-hydrogen) atoms. The van der Waals surface area contributed by atoms with Crippen molar-refractivity contribution in [3.05, 3.63) is 11.4 Å². The molecule has 1 heterocycles. The Morgan fingerprint density at radius 2 is 2.27 bits per heavy atom. The summed E-state index contributed by atoms with van der Waals surface area (Å²) in [5, 5.41) is 2.45. The first-order valence-electron chi connectivity index (χ1n) is 3.23. The van der Waals surface area contributed by atoms with Gasteiger partial charge in [0.2, 0.25) is 5.91 Å². The molecule has 1 N–H and O–H groups in total. The molecule has 0 atom stereocenters. The molecule has 0 unspecified atom stereocenters. The fourth-order valence-electron chi connectivity index (χ4n) is 0.897. The van der Waals surface area contributed by atoms with Gasteiger partial charge in [0.05, 0.1) is 0 Å². The Morgan fingerprint density at radius 1 is 1.55 bits per heavy atom. The molecule has 0 radical (unpaired) electrons. The number of rotatable bonds is 2. The monoisotopic (exact) mass is 152 g/mol. The zero-order valence-electron chi connectivity index (χ0n) is 5.96. The summed E-state index contributed by atoms with van der Waals surface area (Å²) in [4.78, 5) is 24.6. The summed E-state index contributed by atoms with van der Waals surface area (Å²) >= 11 is 0. The van der Waals surface area contributed by atoms with Crippen molar-refractivity contribution in [1.29, 1.82) is 0 Å². The van der Waals surface area contributed by atoms with Gasteiger partial charge in [0.25, 0.3) is 0 Å². The minimum Gasteiger partial charge on any atom is -0.310 e. The molecule has 0 aromatic carbocycles. The van der Waals surface area contributed by atoms with Crippen LogP contribution in [-0.2, 0) is 9.59 Å². The number of aliphatic imine (C=N–C) groups is 1. The van der Waals surface area contributed by atoms with Gasteiger partial charge in [-0.1, -0.05) is 0 Å². The van der Waals surface area contributed by atoms with E-state index < -0.39 is 0 Å². The molecule has 0 aromatic rings. The molecular formula is C7H8N2O2. The van der Waals surface area contributed by atoms with Gasteiger partial charge in [0, 0.05) is 12.0 Å². The Hall–Kier alpha value is -1.45. The number of nitrogens with zero attached hydrogens (tertiary/aromatic N) is 1. The molecule has 1 aliphatic heterocycles. The third kappa shape index (κ3) is 1.52. The Balaban J connectivity index is 2.91. The summed E-state index contributed by atoms with van der Waals surface area (Å²) in [6.45, 7) is 3.24. The Labute approximate surface area is 64.0 Å². The zero-order chi connectivity index (χ0) is 8.27. The number of allylic oxidation sites excluding steroid dienone is 1. The van der Waals surface area contributed by atoms with Crippen molar-refractivity contribution in [2.24, 2.45) is 4.99 Å². The molecule has 58 valence electrons. The highest BCUT2D eigenvalue weighted by Crippen LogP contribution is 2.12. The van der Waals surface area contributed by atoms with E-state index in [2.05, 4.69) is 17.0 Å². The number of carbonyl (C=O) groups excluding carboxylic acids is 2. The third-order valence-electron chi connectivity index (χ3n) is 1.48. The fraction of sp³-hybridized carbons (Fsp3) is 0.286. The van der Waals surface area contributed by atoms with E-state index in [4.69, 9.17) is 0 Å². The number of amides is 1. The number of carbonyl (C=O) groups is 2. The largest absolute Gasteiger partial charge is 0.310 e. The third-order valence-corrected chi connectivity index (χ3v) is 1.48. The minimum absolute atomic E-state index is 0.113. The number of hydrogen-bond acceptors (Lipinski definition) is 3. The van der Waals surface area contributed by atoms with Gasteiger partial charge in [0.1, 0.15) is 12.1 Å². The highest BCUT2D eigenvalue weighted by atomic mass is 16.1. The summed E-state index contributed by atoms with van der Waals surface area (Å²) < 4.78 is 0. The topological polar surface area (TPSA) is 58.5 Å². The second-order valence-electron chi connectivity index (χ2n) is 2.20. The van der Waals surface area contributed by atoms with E-state index in [9.17, 15) is 9.59 Å². The number of nitrogens with one attached hydrogen (secondary N) is 1. The lowest BCUT2D eigenvalue weighted by Gasteiger charge is -2.13. The Morgan fingerprint density at radius 3 is 2.82 bits per heavy atom. The second-order valence-corrected chi connectivity index (χ2v) is 2.20. The van der Waals surface area contributed by atoms with Crippen molar-refractivity contribution in [3.63, 3.8) is 0 Å². The van der Waals surface area contributed by atoms with Crippen LogP contribution in [0.15, 0.2) is 16.4 Å². The zero-order valence-corrected chi connectivity index (χ0v) is 5.96. The maximum atomic E-state index is 10.7. The first kappa shape index (κ1) is 7.65. The number of aldehydes is 1. The van der Waals surface area contributed by atoms with Gasteiger partial charge in [-0.15, -0.1) is 0 Å². The molecular weight excluding hydrogens is 144 g/mol. The second kappa shape index (κ2) is 3.09. The van der Waals surface area contributed by atoms with Crippen molar-refractivity contribution in [3.8, 4) is 0 Å². The SMILES string of the molecule is C=NC1=C(C=O)CCC(=O)N1. The van der Waals surface area contributed by atoms with Crippen LogP contribution in [0, 0.1) is 0 Å². The van der Waals surface area contributed by atoms with Gasteiger partial charge >= 0.3 is 0 Å². The average molecular weight is 152 g/mol.